The summed E-state index contributed by atoms with van der Waals surface area (Å²) in [6.07, 6.45) is 0.733. The Labute approximate surface area is 179 Å². The summed E-state index contributed by atoms with van der Waals surface area (Å²) in [7, 11) is 0. The quantitative estimate of drug-likeness (QED) is 0.588. The standard InChI is InChI=1S/C23H23N3O5/c1-15-12-16-8-6-7-11-18(16)26(15)19(27)14-31-20(28)13-25-21(29)23(2,24-22(25)30)17-9-4-3-5-10-17/h3-11,15H,12-14H2,1-2H3,(H,24,30)/t15-,23+/m0/s1. The van der Waals surface area contributed by atoms with E-state index in [1.807, 2.05) is 31.2 Å². The fourth-order valence-electron chi connectivity index (χ4n) is 4.14. The van der Waals surface area contributed by atoms with E-state index in [1.54, 1.807) is 42.2 Å². The molecule has 4 amide bonds. The first-order chi connectivity index (χ1) is 14.8. The molecule has 2 heterocycles. The van der Waals surface area contributed by atoms with Gasteiger partial charge in [0.05, 0.1) is 0 Å². The normalized spacial score (nSPS) is 22.3. The van der Waals surface area contributed by atoms with Crippen LogP contribution in [0.1, 0.15) is 25.0 Å². The van der Waals surface area contributed by atoms with Crippen LogP contribution in [0.4, 0.5) is 10.5 Å². The maximum absolute atomic E-state index is 12.9. The molecule has 1 fully saturated rings. The smallest absolute Gasteiger partial charge is 0.326 e. The number of anilines is 1. The SMILES string of the molecule is C[C@H]1Cc2ccccc2N1C(=O)COC(=O)CN1C(=O)N[C@](C)(c2ccccc2)C1=O. The van der Waals surface area contributed by atoms with Crippen molar-refractivity contribution in [2.75, 3.05) is 18.1 Å². The van der Waals surface area contributed by atoms with Crippen LogP contribution in [0.25, 0.3) is 0 Å². The molecule has 160 valence electrons. The summed E-state index contributed by atoms with van der Waals surface area (Å²) in [6, 6.07) is 15.7. The van der Waals surface area contributed by atoms with Crippen molar-refractivity contribution in [3.05, 3.63) is 65.7 Å². The summed E-state index contributed by atoms with van der Waals surface area (Å²) >= 11 is 0. The number of hydrogen-bond donors (Lipinski definition) is 1. The highest BCUT2D eigenvalue weighted by Crippen LogP contribution is 2.32. The van der Waals surface area contributed by atoms with Gasteiger partial charge in [-0.15, -0.1) is 0 Å². The van der Waals surface area contributed by atoms with Crippen LogP contribution in [0, 0.1) is 0 Å². The Kier molecular flexibility index (Phi) is 5.22. The number of urea groups is 1. The van der Waals surface area contributed by atoms with Gasteiger partial charge in [-0.05, 0) is 37.5 Å². The van der Waals surface area contributed by atoms with Crippen molar-refractivity contribution < 1.29 is 23.9 Å². The number of amides is 4. The Morgan fingerprint density at radius 1 is 1.10 bits per heavy atom. The molecule has 2 aromatic carbocycles. The molecule has 8 heteroatoms. The largest absolute Gasteiger partial charge is 0.454 e. The van der Waals surface area contributed by atoms with Crippen LogP contribution in [0.3, 0.4) is 0 Å². The molecule has 0 radical (unpaired) electrons. The molecule has 8 nitrogen and oxygen atoms in total. The number of benzene rings is 2. The number of nitrogens with one attached hydrogen (secondary N) is 1. The highest BCUT2D eigenvalue weighted by atomic mass is 16.5. The van der Waals surface area contributed by atoms with Gasteiger partial charge in [-0.25, -0.2) is 4.79 Å². The number of para-hydroxylation sites is 1. The first kappa shape index (κ1) is 20.6. The molecule has 0 bridgehead atoms. The first-order valence-electron chi connectivity index (χ1n) is 10.1. The van der Waals surface area contributed by atoms with Gasteiger partial charge < -0.3 is 15.0 Å². The van der Waals surface area contributed by atoms with E-state index in [4.69, 9.17) is 4.74 Å². The number of fused-ring (bicyclic) bond motifs is 1. The molecule has 1 N–H and O–H groups in total. The number of hydrogen-bond acceptors (Lipinski definition) is 5. The van der Waals surface area contributed by atoms with Gasteiger partial charge in [0.2, 0.25) is 0 Å². The van der Waals surface area contributed by atoms with Gasteiger partial charge in [-0.3, -0.25) is 19.3 Å². The minimum absolute atomic E-state index is 0.0406. The van der Waals surface area contributed by atoms with Crippen LogP contribution in [0.5, 0.6) is 0 Å². The Bertz CT molecular complexity index is 1050. The molecule has 0 aliphatic carbocycles. The fourth-order valence-corrected chi connectivity index (χ4v) is 4.14. The van der Waals surface area contributed by atoms with Crippen molar-refractivity contribution >= 4 is 29.5 Å². The molecule has 2 aliphatic heterocycles. The molecule has 2 aromatic rings. The predicted molar refractivity (Wildman–Crippen MR) is 112 cm³/mol. The van der Waals surface area contributed by atoms with E-state index < -0.39 is 36.6 Å². The summed E-state index contributed by atoms with van der Waals surface area (Å²) in [5.41, 5.74) is 1.22. The van der Waals surface area contributed by atoms with Crippen LogP contribution in [-0.4, -0.2) is 47.9 Å². The molecule has 0 spiro atoms. The molecule has 2 atom stereocenters. The third-order valence-corrected chi connectivity index (χ3v) is 5.75. The number of nitrogens with zero attached hydrogens (tertiary/aromatic N) is 2. The number of imide groups is 1. The van der Waals surface area contributed by atoms with Crippen LogP contribution >= 0.6 is 0 Å². The monoisotopic (exact) mass is 421 g/mol. The zero-order valence-electron chi connectivity index (χ0n) is 17.3. The summed E-state index contributed by atoms with van der Waals surface area (Å²) < 4.78 is 5.11. The molecular weight excluding hydrogens is 398 g/mol. The minimum Gasteiger partial charge on any atom is -0.454 e. The fraction of sp³-hybridized carbons (Fsp3) is 0.304. The summed E-state index contributed by atoms with van der Waals surface area (Å²) in [5, 5.41) is 2.63. The number of carbonyl (C=O) groups is 4. The van der Waals surface area contributed by atoms with Crippen molar-refractivity contribution in [3.8, 4) is 0 Å². The molecule has 0 aromatic heterocycles. The highest BCUT2D eigenvalue weighted by molar-refractivity contribution is 6.09. The lowest BCUT2D eigenvalue weighted by Crippen LogP contribution is -2.42. The average Bonchev–Trinajstić information content (AvgIpc) is 3.21. The van der Waals surface area contributed by atoms with E-state index in [0.29, 0.717) is 5.56 Å². The van der Waals surface area contributed by atoms with Gasteiger partial charge in [-0.2, -0.15) is 0 Å². The maximum Gasteiger partial charge on any atom is 0.326 e. The van der Waals surface area contributed by atoms with E-state index in [-0.39, 0.29) is 11.9 Å². The Morgan fingerprint density at radius 3 is 2.52 bits per heavy atom. The van der Waals surface area contributed by atoms with Crippen molar-refractivity contribution in [1.29, 1.82) is 0 Å². The molecule has 31 heavy (non-hydrogen) atoms. The van der Waals surface area contributed by atoms with Gasteiger partial charge >= 0.3 is 12.0 Å². The van der Waals surface area contributed by atoms with Crippen LogP contribution in [0.15, 0.2) is 54.6 Å². The highest BCUT2D eigenvalue weighted by Gasteiger charge is 2.49. The summed E-state index contributed by atoms with van der Waals surface area (Å²) in [6.45, 7) is 2.49. The third kappa shape index (κ3) is 3.65. The van der Waals surface area contributed by atoms with Gasteiger partial charge in [0.25, 0.3) is 11.8 Å². The second kappa shape index (κ2) is 7.86. The molecule has 1 saturated heterocycles. The lowest BCUT2D eigenvalue weighted by Gasteiger charge is -2.23. The van der Waals surface area contributed by atoms with Crippen LogP contribution < -0.4 is 10.2 Å². The van der Waals surface area contributed by atoms with Crippen molar-refractivity contribution in [3.63, 3.8) is 0 Å². The third-order valence-electron chi connectivity index (χ3n) is 5.75. The molecular formula is C23H23N3O5. The van der Waals surface area contributed by atoms with E-state index >= 15 is 0 Å². The van der Waals surface area contributed by atoms with E-state index in [0.717, 1.165) is 22.6 Å². The van der Waals surface area contributed by atoms with E-state index in [2.05, 4.69) is 5.32 Å². The van der Waals surface area contributed by atoms with Crippen LogP contribution in [-0.2, 0) is 31.1 Å². The van der Waals surface area contributed by atoms with Crippen molar-refractivity contribution in [2.24, 2.45) is 0 Å². The van der Waals surface area contributed by atoms with Gasteiger partial charge in [-0.1, -0.05) is 48.5 Å². The zero-order chi connectivity index (χ0) is 22.2. The minimum atomic E-state index is -1.26. The average molecular weight is 421 g/mol. The van der Waals surface area contributed by atoms with Gasteiger partial charge in [0.1, 0.15) is 12.1 Å². The molecule has 4 rings (SSSR count). The van der Waals surface area contributed by atoms with E-state index in [9.17, 15) is 19.2 Å². The molecule has 0 saturated carbocycles. The predicted octanol–water partition coefficient (Wildman–Crippen LogP) is 1.97. The summed E-state index contributed by atoms with van der Waals surface area (Å²) in [4.78, 5) is 52.6. The topological polar surface area (TPSA) is 96.0 Å². The van der Waals surface area contributed by atoms with Gasteiger partial charge in [0.15, 0.2) is 6.61 Å². The molecule has 2 aliphatic rings. The lowest BCUT2D eigenvalue weighted by molar-refractivity contribution is -0.150. The lowest BCUT2D eigenvalue weighted by atomic mass is 9.92. The number of carbonyl (C=O) groups excluding carboxylic acids is 4. The second-order valence-electron chi connectivity index (χ2n) is 7.92. The number of esters is 1. The van der Waals surface area contributed by atoms with E-state index in [1.165, 1.54) is 0 Å². The Morgan fingerprint density at radius 2 is 1.77 bits per heavy atom. The van der Waals surface area contributed by atoms with Crippen molar-refractivity contribution in [2.45, 2.75) is 31.8 Å². The van der Waals surface area contributed by atoms with Crippen LogP contribution in [0.2, 0.25) is 0 Å². The Hall–Kier alpha value is -3.68. The summed E-state index contributed by atoms with van der Waals surface area (Å²) in [5.74, 6) is -1.72. The maximum atomic E-state index is 12.9. The van der Waals surface area contributed by atoms with Crippen molar-refractivity contribution in [1.82, 2.24) is 10.2 Å². The Balaban J connectivity index is 1.38. The van der Waals surface area contributed by atoms with Gasteiger partial charge in [0, 0.05) is 11.7 Å². The number of rotatable bonds is 5. The zero-order valence-corrected chi connectivity index (χ0v) is 17.3. The number of ether oxygens (including phenoxy) is 1. The molecule has 0 unspecified atom stereocenters. The second-order valence-corrected chi connectivity index (χ2v) is 7.92. The first-order valence-corrected chi connectivity index (χ1v) is 10.1.